The van der Waals surface area contributed by atoms with E-state index in [0.717, 1.165) is 5.56 Å². The molecule has 0 aliphatic rings. The molecule has 4 nitrogen and oxygen atoms in total. The van der Waals surface area contributed by atoms with Crippen LogP contribution in [-0.4, -0.2) is 13.0 Å². The van der Waals surface area contributed by atoms with E-state index < -0.39 is 5.82 Å². The van der Waals surface area contributed by atoms with Gasteiger partial charge in [-0.05, 0) is 23.3 Å². The molecule has 0 aromatic heterocycles. The fraction of sp³-hybridized carbons (Fsp3) is 0.278. The van der Waals surface area contributed by atoms with Crippen LogP contribution >= 0.6 is 12.4 Å². The number of rotatable bonds is 6. The molecule has 0 spiro atoms. The maximum absolute atomic E-state index is 13.6. The highest BCUT2D eigenvalue weighted by Crippen LogP contribution is 2.20. The highest BCUT2D eigenvalue weighted by molar-refractivity contribution is 5.85. The SMILES string of the molecule is COc1ccc(CNC(=O)C(C)C(N)c2ccccc2)cc1F.Cl. The number of methoxy groups -OCH3 is 1. The molecule has 0 aliphatic heterocycles. The van der Waals surface area contributed by atoms with Gasteiger partial charge in [0.05, 0.1) is 13.0 Å². The van der Waals surface area contributed by atoms with E-state index in [4.69, 9.17) is 10.5 Å². The Hall–Kier alpha value is -2.11. The third kappa shape index (κ3) is 4.94. The van der Waals surface area contributed by atoms with Crippen LogP contribution < -0.4 is 15.8 Å². The van der Waals surface area contributed by atoms with Crippen molar-refractivity contribution in [2.45, 2.75) is 19.5 Å². The van der Waals surface area contributed by atoms with Crippen molar-refractivity contribution in [2.24, 2.45) is 11.7 Å². The quantitative estimate of drug-likeness (QED) is 0.839. The van der Waals surface area contributed by atoms with E-state index in [1.165, 1.54) is 19.2 Å². The Morgan fingerprint density at radius 2 is 1.92 bits per heavy atom. The van der Waals surface area contributed by atoms with Gasteiger partial charge in [0.25, 0.3) is 0 Å². The van der Waals surface area contributed by atoms with E-state index in [-0.39, 0.29) is 42.6 Å². The first kappa shape index (κ1) is 19.9. The molecule has 2 aromatic rings. The minimum Gasteiger partial charge on any atom is -0.494 e. The van der Waals surface area contributed by atoms with Gasteiger partial charge in [0, 0.05) is 12.6 Å². The van der Waals surface area contributed by atoms with Crippen LogP contribution in [0.25, 0.3) is 0 Å². The number of nitrogens with one attached hydrogen (secondary N) is 1. The zero-order valence-electron chi connectivity index (χ0n) is 13.7. The lowest BCUT2D eigenvalue weighted by Gasteiger charge is -2.20. The predicted molar refractivity (Wildman–Crippen MR) is 94.6 cm³/mol. The number of hydrogen-bond acceptors (Lipinski definition) is 3. The minimum absolute atomic E-state index is 0. The Kier molecular flexibility index (Phi) is 7.68. The lowest BCUT2D eigenvalue weighted by Crippen LogP contribution is -2.35. The summed E-state index contributed by atoms with van der Waals surface area (Å²) in [6.45, 7) is 2.02. The first-order chi connectivity index (χ1) is 11.0. The molecule has 0 aliphatic carbocycles. The summed E-state index contributed by atoms with van der Waals surface area (Å²) in [7, 11) is 1.41. The summed E-state index contributed by atoms with van der Waals surface area (Å²) in [5.41, 5.74) is 7.71. The van der Waals surface area contributed by atoms with Gasteiger partial charge >= 0.3 is 0 Å². The van der Waals surface area contributed by atoms with Gasteiger partial charge in [-0.1, -0.05) is 43.3 Å². The summed E-state index contributed by atoms with van der Waals surface area (Å²) in [5, 5.41) is 2.79. The Labute approximate surface area is 147 Å². The number of carbonyl (C=O) groups excluding carboxylic acids is 1. The van der Waals surface area contributed by atoms with Gasteiger partial charge in [-0.25, -0.2) is 4.39 Å². The van der Waals surface area contributed by atoms with E-state index >= 15 is 0 Å². The summed E-state index contributed by atoms with van der Waals surface area (Å²) >= 11 is 0. The topological polar surface area (TPSA) is 64.3 Å². The van der Waals surface area contributed by atoms with Crippen molar-refractivity contribution in [3.63, 3.8) is 0 Å². The second kappa shape index (κ2) is 9.25. The summed E-state index contributed by atoms with van der Waals surface area (Å²) in [6.07, 6.45) is 0. The summed E-state index contributed by atoms with van der Waals surface area (Å²) in [6, 6.07) is 13.7. The number of halogens is 2. The van der Waals surface area contributed by atoms with Crippen LogP contribution in [0.2, 0.25) is 0 Å². The van der Waals surface area contributed by atoms with E-state index in [1.54, 1.807) is 13.0 Å². The molecule has 0 heterocycles. The first-order valence-corrected chi connectivity index (χ1v) is 7.43. The largest absolute Gasteiger partial charge is 0.494 e. The van der Waals surface area contributed by atoms with Crippen LogP contribution in [0.3, 0.4) is 0 Å². The van der Waals surface area contributed by atoms with Crippen LogP contribution in [0.5, 0.6) is 5.75 Å². The van der Waals surface area contributed by atoms with Crippen molar-refractivity contribution < 1.29 is 13.9 Å². The number of benzene rings is 2. The summed E-state index contributed by atoms with van der Waals surface area (Å²) < 4.78 is 18.5. The predicted octanol–water partition coefficient (Wildman–Crippen LogP) is 3.21. The van der Waals surface area contributed by atoms with E-state index in [9.17, 15) is 9.18 Å². The van der Waals surface area contributed by atoms with Crippen molar-refractivity contribution in [1.29, 1.82) is 0 Å². The fourth-order valence-electron chi connectivity index (χ4n) is 2.30. The molecular formula is C18H22ClFN2O2. The average Bonchev–Trinajstić information content (AvgIpc) is 2.59. The highest BCUT2D eigenvalue weighted by Gasteiger charge is 2.21. The third-order valence-electron chi connectivity index (χ3n) is 3.82. The molecule has 2 atom stereocenters. The number of nitrogens with two attached hydrogens (primary N) is 1. The van der Waals surface area contributed by atoms with E-state index in [1.807, 2.05) is 30.3 Å². The monoisotopic (exact) mass is 352 g/mol. The van der Waals surface area contributed by atoms with E-state index in [2.05, 4.69) is 5.32 Å². The normalized spacial score (nSPS) is 12.7. The van der Waals surface area contributed by atoms with Crippen LogP contribution in [0.1, 0.15) is 24.1 Å². The van der Waals surface area contributed by atoms with Crippen molar-refractivity contribution >= 4 is 18.3 Å². The van der Waals surface area contributed by atoms with Gasteiger partial charge in [0.1, 0.15) is 0 Å². The molecule has 0 fully saturated rings. The van der Waals surface area contributed by atoms with Gasteiger partial charge in [0.15, 0.2) is 11.6 Å². The number of amides is 1. The zero-order chi connectivity index (χ0) is 16.8. The standard InChI is InChI=1S/C18H21FN2O2.ClH/c1-12(17(20)14-6-4-3-5-7-14)18(22)21-11-13-8-9-16(23-2)15(19)10-13;/h3-10,12,17H,11,20H2,1-2H3,(H,21,22);1H. The Bertz CT molecular complexity index is 667. The molecule has 0 saturated heterocycles. The van der Waals surface area contributed by atoms with Crippen LogP contribution in [-0.2, 0) is 11.3 Å². The molecule has 1 amide bonds. The molecular weight excluding hydrogens is 331 g/mol. The minimum atomic E-state index is -0.451. The highest BCUT2D eigenvalue weighted by atomic mass is 35.5. The van der Waals surface area contributed by atoms with Gasteiger partial charge in [0.2, 0.25) is 5.91 Å². The number of carbonyl (C=O) groups is 1. The molecule has 24 heavy (non-hydrogen) atoms. The summed E-state index contributed by atoms with van der Waals surface area (Å²) in [5.74, 6) is -0.828. The Morgan fingerprint density at radius 3 is 2.50 bits per heavy atom. The van der Waals surface area contributed by atoms with Crippen LogP contribution in [0.4, 0.5) is 4.39 Å². The lowest BCUT2D eigenvalue weighted by molar-refractivity contribution is -0.125. The molecule has 2 aromatic carbocycles. The number of hydrogen-bond donors (Lipinski definition) is 2. The Morgan fingerprint density at radius 1 is 1.25 bits per heavy atom. The average molecular weight is 353 g/mol. The zero-order valence-corrected chi connectivity index (χ0v) is 14.5. The smallest absolute Gasteiger partial charge is 0.225 e. The second-order valence-corrected chi connectivity index (χ2v) is 5.41. The second-order valence-electron chi connectivity index (χ2n) is 5.41. The van der Waals surface area contributed by atoms with Crippen molar-refractivity contribution in [2.75, 3.05) is 7.11 Å². The molecule has 130 valence electrons. The van der Waals surface area contributed by atoms with Crippen LogP contribution in [0, 0.1) is 11.7 Å². The van der Waals surface area contributed by atoms with Crippen LogP contribution in [0.15, 0.2) is 48.5 Å². The molecule has 0 saturated carbocycles. The number of ether oxygens (including phenoxy) is 1. The maximum atomic E-state index is 13.6. The van der Waals surface area contributed by atoms with Crippen molar-refractivity contribution in [1.82, 2.24) is 5.32 Å². The fourth-order valence-corrected chi connectivity index (χ4v) is 2.30. The van der Waals surface area contributed by atoms with Crippen molar-refractivity contribution in [3.8, 4) is 5.75 Å². The molecule has 0 radical (unpaired) electrons. The lowest BCUT2D eigenvalue weighted by atomic mass is 9.94. The third-order valence-corrected chi connectivity index (χ3v) is 3.82. The summed E-state index contributed by atoms with van der Waals surface area (Å²) in [4.78, 5) is 12.2. The molecule has 3 N–H and O–H groups in total. The van der Waals surface area contributed by atoms with Gasteiger partial charge in [-0.3, -0.25) is 4.79 Å². The molecule has 2 unspecified atom stereocenters. The van der Waals surface area contributed by atoms with Crippen molar-refractivity contribution in [3.05, 3.63) is 65.5 Å². The Balaban J connectivity index is 0.00000288. The van der Waals surface area contributed by atoms with Gasteiger partial charge in [-0.15, -0.1) is 12.4 Å². The molecule has 0 bridgehead atoms. The van der Waals surface area contributed by atoms with Gasteiger partial charge in [-0.2, -0.15) is 0 Å². The maximum Gasteiger partial charge on any atom is 0.225 e. The van der Waals surface area contributed by atoms with E-state index in [0.29, 0.717) is 5.56 Å². The molecule has 6 heteroatoms. The first-order valence-electron chi connectivity index (χ1n) is 7.43. The molecule has 2 rings (SSSR count). The van der Waals surface area contributed by atoms with Gasteiger partial charge < -0.3 is 15.8 Å².